The number of nitrogens with one attached hydrogen (secondary N) is 1. The van der Waals surface area contributed by atoms with Crippen LogP contribution in [0.15, 0.2) is 28.7 Å². The second-order valence-electron chi connectivity index (χ2n) is 5.50. The maximum Gasteiger partial charge on any atom is 0.0828 e. The molecule has 1 aromatic heterocycles. The maximum absolute atomic E-state index is 4.62. The van der Waals surface area contributed by atoms with E-state index in [4.69, 9.17) is 0 Å². The molecule has 0 saturated heterocycles. The van der Waals surface area contributed by atoms with Crippen LogP contribution in [-0.4, -0.2) is 9.78 Å². The molecule has 3 nitrogen and oxygen atoms in total. The summed E-state index contributed by atoms with van der Waals surface area (Å²) in [5.41, 5.74) is 4.67. The zero-order valence-electron chi connectivity index (χ0n) is 12.7. The molecule has 1 heterocycles. The van der Waals surface area contributed by atoms with Gasteiger partial charge in [0.1, 0.15) is 0 Å². The largest absolute Gasteiger partial charge is 0.376 e. The van der Waals surface area contributed by atoms with Gasteiger partial charge in [-0.25, -0.2) is 0 Å². The molecule has 0 aliphatic rings. The summed E-state index contributed by atoms with van der Waals surface area (Å²) in [4.78, 5) is 0. The van der Waals surface area contributed by atoms with Gasteiger partial charge >= 0.3 is 0 Å². The minimum Gasteiger partial charge on any atom is -0.376 e. The average molecular weight is 336 g/mol. The molecule has 1 unspecified atom stereocenters. The van der Waals surface area contributed by atoms with Crippen molar-refractivity contribution in [3.63, 3.8) is 0 Å². The van der Waals surface area contributed by atoms with Crippen molar-refractivity contribution in [3.05, 3.63) is 45.7 Å². The monoisotopic (exact) mass is 335 g/mol. The zero-order valence-corrected chi connectivity index (χ0v) is 14.3. The second kappa shape index (κ2) is 6.00. The van der Waals surface area contributed by atoms with Crippen LogP contribution < -0.4 is 5.32 Å². The number of nitrogens with zero attached hydrogens (tertiary/aromatic N) is 2. The van der Waals surface area contributed by atoms with E-state index in [1.54, 1.807) is 0 Å². The number of benzene rings is 1. The number of hydrogen-bond donors (Lipinski definition) is 1. The van der Waals surface area contributed by atoms with Crippen LogP contribution >= 0.6 is 15.9 Å². The first-order chi connectivity index (χ1) is 9.40. The highest BCUT2D eigenvalue weighted by Crippen LogP contribution is 2.27. The summed E-state index contributed by atoms with van der Waals surface area (Å²) in [6, 6.07) is 9.06. The molecule has 2 rings (SSSR count). The minimum absolute atomic E-state index is 0.255. The molecule has 0 saturated carbocycles. The van der Waals surface area contributed by atoms with Crippen molar-refractivity contribution in [1.82, 2.24) is 9.78 Å². The molecule has 20 heavy (non-hydrogen) atoms. The Balaban J connectivity index is 2.23. The van der Waals surface area contributed by atoms with Crippen LogP contribution in [0.5, 0.6) is 0 Å². The predicted octanol–water partition coefficient (Wildman–Crippen LogP) is 5.02. The number of anilines is 1. The molecule has 1 N–H and O–H groups in total. The third-order valence-corrected chi connectivity index (χ3v) is 4.07. The highest BCUT2D eigenvalue weighted by molar-refractivity contribution is 9.10. The van der Waals surface area contributed by atoms with Gasteiger partial charge in [0.05, 0.1) is 17.1 Å². The van der Waals surface area contributed by atoms with Crippen molar-refractivity contribution in [2.24, 2.45) is 0 Å². The number of aromatic nitrogens is 2. The van der Waals surface area contributed by atoms with E-state index in [0.29, 0.717) is 6.04 Å². The van der Waals surface area contributed by atoms with Crippen LogP contribution in [0.4, 0.5) is 5.69 Å². The summed E-state index contributed by atoms with van der Waals surface area (Å²) >= 11 is 3.47. The van der Waals surface area contributed by atoms with Gasteiger partial charge in [-0.15, -0.1) is 0 Å². The molecule has 0 aliphatic carbocycles. The first-order valence-electron chi connectivity index (χ1n) is 6.98. The van der Waals surface area contributed by atoms with Crippen molar-refractivity contribution >= 4 is 21.6 Å². The van der Waals surface area contributed by atoms with Crippen molar-refractivity contribution in [2.75, 3.05) is 5.32 Å². The van der Waals surface area contributed by atoms with Crippen LogP contribution in [0.2, 0.25) is 0 Å². The van der Waals surface area contributed by atoms with Gasteiger partial charge in [0, 0.05) is 16.6 Å². The van der Waals surface area contributed by atoms with Gasteiger partial charge in [-0.2, -0.15) is 5.10 Å². The maximum atomic E-state index is 4.62. The fraction of sp³-hybridized carbons (Fsp3) is 0.438. The molecule has 1 atom stereocenters. The Morgan fingerprint density at radius 1 is 1.10 bits per heavy atom. The first kappa shape index (κ1) is 15.1. The summed E-state index contributed by atoms with van der Waals surface area (Å²) in [7, 11) is 0. The number of rotatable bonds is 4. The minimum atomic E-state index is 0.255. The summed E-state index contributed by atoms with van der Waals surface area (Å²) in [5.74, 6) is 0. The molecule has 0 spiro atoms. The lowest BCUT2D eigenvalue weighted by molar-refractivity contribution is 0.516. The molecule has 108 valence electrons. The summed E-state index contributed by atoms with van der Waals surface area (Å²) in [6.45, 7) is 10.7. The van der Waals surface area contributed by atoms with Crippen molar-refractivity contribution in [3.8, 4) is 0 Å². The summed E-state index contributed by atoms with van der Waals surface area (Å²) in [5, 5.41) is 8.21. The molecule has 0 amide bonds. The molecular formula is C16H22BrN3. The number of aryl methyl sites for hydroxylation is 1. The van der Waals surface area contributed by atoms with Crippen molar-refractivity contribution < 1.29 is 0 Å². The van der Waals surface area contributed by atoms with E-state index in [1.165, 1.54) is 11.3 Å². The van der Waals surface area contributed by atoms with Gasteiger partial charge < -0.3 is 5.32 Å². The van der Waals surface area contributed by atoms with E-state index in [9.17, 15) is 0 Å². The smallest absolute Gasteiger partial charge is 0.0828 e. The molecule has 0 fully saturated rings. The van der Waals surface area contributed by atoms with Gasteiger partial charge in [-0.05, 0) is 52.3 Å². The Kier molecular flexibility index (Phi) is 4.53. The van der Waals surface area contributed by atoms with Crippen LogP contribution in [0.3, 0.4) is 0 Å². The molecule has 1 aromatic carbocycles. The highest BCUT2D eigenvalue weighted by atomic mass is 79.9. The molecule has 0 aliphatic heterocycles. The second-order valence-corrected chi connectivity index (χ2v) is 6.42. The van der Waals surface area contributed by atoms with Crippen LogP contribution in [0.1, 0.15) is 49.8 Å². The Morgan fingerprint density at radius 2 is 1.70 bits per heavy atom. The fourth-order valence-electron chi connectivity index (χ4n) is 2.43. The van der Waals surface area contributed by atoms with Gasteiger partial charge in [0.15, 0.2) is 0 Å². The molecular weight excluding hydrogens is 314 g/mol. The molecule has 4 heteroatoms. The van der Waals surface area contributed by atoms with Gasteiger partial charge in [0.2, 0.25) is 0 Å². The Bertz CT molecular complexity index is 585. The lowest BCUT2D eigenvalue weighted by Gasteiger charge is -2.16. The Labute approximate surface area is 129 Å². The van der Waals surface area contributed by atoms with E-state index >= 15 is 0 Å². The lowest BCUT2D eigenvalue weighted by atomic mass is 10.1. The fourth-order valence-corrected chi connectivity index (χ4v) is 2.69. The topological polar surface area (TPSA) is 29.9 Å². The third kappa shape index (κ3) is 3.06. The average Bonchev–Trinajstić information content (AvgIpc) is 2.67. The molecule has 0 bridgehead atoms. The summed E-state index contributed by atoms with van der Waals surface area (Å²) in [6.07, 6.45) is 0. The molecule has 2 aromatic rings. The van der Waals surface area contributed by atoms with Crippen molar-refractivity contribution in [2.45, 2.75) is 46.7 Å². The zero-order chi connectivity index (χ0) is 14.9. The van der Waals surface area contributed by atoms with Crippen LogP contribution in [0.25, 0.3) is 0 Å². The normalized spacial score (nSPS) is 12.8. The quantitative estimate of drug-likeness (QED) is 0.850. The number of hydrogen-bond acceptors (Lipinski definition) is 2. The van der Waals surface area contributed by atoms with Crippen LogP contribution in [-0.2, 0) is 0 Å². The van der Waals surface area contributed by atoms with Crippen molar-refractivity contribution in [1.29, 1.82) is 0 Å². The van der Waals surface area contributed by atoms with E-state index in [-0.39, 0.29) is 6.04 Å². The van der Waals surface area contributed by atoms with Gasteiger partial charge in [-0.1, -0.05) is 28.1 Å². The Morgan fingerprint density at radius 3 is 2.20 bits per heavy atom. The Hall–Kier alpha value is -1.29. The summed E-state index contributed by atoms with van der Waals surface area (Å²) < 4.78 is 3.18. The van der Waals surface area contributed by atoms with E-state index in [2.05, 4.69) is 89.9 Å². The lowest BCUT2D eigenvalue weighted by Crippen LogP contribution is -2.09. The first-order valence-corrected chi connectivity index (χ1v) is 7.77. The van der Waals surface area contributed by atoms with Gasteiger partial charge in [0.25, 0.3) is 0 Å². The van der Waals surface area contributed by atoms with Gasteiger partial charge in [-0.3, -0.25) is 4.68 Å². The number of halogens is 1. The standard InChI is InChI=1S/C16H22BrN3/c1-10(2)20-13(5)16(12(4)19-20)18-11(3)14-6-8-15(17)9-7-14/h6-11,18H,1-5H3. The van der Waals surface area contributed by atoms with E-state index in [0.717, 1.165) is 15.9 Å². The third-order valence-electron chi connectivity index (χ3n) is 3.54. The SMILES string of the molecule is Cc1nn(C(C)C)c(C)c1NC(C)c1ccc(Br)cc1. The molecule has 0 radical (unpaired) electrons. The predicted molar refractivity (Wildman–Crippen MR) is 88.3 cm³/mol. The van der Waals surface area contributed by atoms with E-state index < -0.39 is 0 Å². The highest BCUT2D eigenvalue weighted by Gasteiger charge is 2.15. The van der Waals surface area contributed by atoms with E-state index in [1.807, 2.05) is 0 Å². The van der Waals surface area contributed by atoms with Crippen LogP contribution in [0, 0.1) is 13.8 Å².